The van der Waals surface area contributed by atoms with Crippen molar-refractivity contribution in [1.82, 2.24) is 14.5 Å². The Morgan fingerprint density at radius 3 is 2.53 bits per heavy atom. The highest BCUT2D eigenvalue weighted by molar-refractivity contribution is 7.89. The zero-order valence-electron chi connectivity index (χ0n) is 25.0. The van der Waals surface area contributed by atoms with Crippen molar-refractivity contribution in [3.05, 3.63) is 60.2 Å². The molecule has 6 atom stereocenters. The number of carbonyl (C=O) groups is 1. The summed E-state index contributed by atoms with van der Waals surface area (Å²) in [5, 5.41) is 14.5. The standard InChI is InChI=1S/C31H43N3O8S/c1-21(2)33-15-13-23(18-33)34(43(37,38)25-11-9-24(39-3)10-12-25)19-28(35)27(17-22-7-5-4-6-8-22)32-31(36)42-29-20-41-30-26(29)14-16-40-30/h4-12,21,23,26-30,35H,13-20H2,1-3H3,(H,32,36)/t23-,26+,27+,28-,29+,30-/m1/s1. The van der Waals surface area contributed by atoms with E-state index in [2.05, 4.69) is 24.1 Å². The van der Waals surface area contributed by atoms with Gasteiger partial charge in [-0.15, -0.1) is 0 Å². The average molecular weight is 618 g/mol. The van der Waals surface area contributed by atoms with Gasteiger partial charge in [0.05, 0.1) is 43.3 Å². The Kier molecular flexibility index (Phi) is 10.3. The molecule has 3 heterocycles. The van der Waals surface area contributed by atoms with Crippen molar-refractivity contribution in [3.63, 3.8) is 0 Å². The molecule has 3 fully saturated rings. The summed E-state index contributed by atoms with van der Waals surface area (Å²) in [5.74, 6) is 0.519. The first kappa shape index (κ1) is 31.7. The van der Waals surface area contributed by atoms with Crippen LogP contribution in [0.2, 0.25) is 0 Å². The second-order valence-electron chi connectivity index (χ2n) is 11.8. The Morgan fingerprint density at radius 2 is 1.86 bits per heavy atom. The zero-order chi connectivity index (χ0) is 30.6. The Balaban J connectivity index is 1.37. The molecular weight excluding hydrogens is 574 g/mol. The minimum absolute atomic E-state index is 0.0281. The third-order valence-electron chi connectivity index (χ3n) is 8.68. The van der Waals surface area contributed by atoms with Crippen molar-refractivity contribution in [2.75, 3.05) is 40.0 Å². The molecule has 2 aromatic rings. The van der Waals surface area contributed by atoms with Crippen molar-refractivity contribution in [1.29, 1.82) is 0 Å². The van der Waals surface area contributed by atoms with Crippen LogP contribution >= 0.6 is 0 Å². The van der Waals surface area contributed by atoms with Crippen LogP contribution in [0.1, 0.15) is 32.3 Å². The molecule has 2 N–H and O–H groups in total. The number of amides is 1. The zero-order valence-corrected chi connectivity index (χ0v) is 25.8. The molecule has 236 valence electrons. The summed E-state index contributed by atoms with van der Waals surface area (Å²) < 4.78 is 51.7. The molecule has 0 saturated carbocycles. The van der Waals surface area contributed by atoms with E-state index in [1.807, 2.05) is 30.3 Å². The Bertz CT molecular complexity index is 1310. The average Bonchev–Trinajstić information content (AvgIpc) is 3.75. The van der Waals surface area contributed by atoms with Gasteiger partial charge in [0.25, 0.3) is 0 Å². The van der Waals surface area contributed by atoms with Gasteiger partial charge in [-0.3, -0.25) is 4.90 Å². The predicted octanol–water partition coefficient (Wildman–Crippen LogP) is 2.63. The molecule has 3 aliphatic rings. The lowest BCUT2D eigenvalue weighted by atomic mass is 10.0. The fourth-order valence-corrected chi connectivity index (χ4v) is 7.80. The molecule has 2 aromatic carbocycles. The van der Waals surface area contributed by atoms with Gasteiger partial charge in [0.15, 0.2) is 6.29 Å². The highest BCUT2D eigenvalue weighted by atomic mass is 32.2. The number of methoxy groups -OCH3 is 1. The summed E-state index contributed by atoms with van der Waals surface area (Å²) in [4.78, 5) is 15.5. The largest absolute Gasteiger partial charge is 0.497 e. The highest BCUT2D eigenvalue weighted by Crippen LogP contribution is 2.33. The molecule has 1 amide bonds. The van der Waals surface area contributed by atoms with Gasteiger partial charge in [0.2, 0.25) is 10.0 Å². The summed E-state index contributed by atoms with van der Waals surface area (Å²) in [6.45, 7) is 6.07. The number of alkyl carbamates (subject to hydrolysis) is 1. The van der Waals surface area contributed by atoms with Crippen LogP contribution in [0.15, 0.2) is 59.5 Å². The summed E-state index contributed by atoms with van der Waals surface area (Å²) in [7, 11) is -2.48. The minimum atomic E-state index is -4.00. The smallest absolute Gasteiger partial charge is 0.407 e. The van der Waals surface area contributed by atoms with Crippen LogP contribution < -0.4 is 10.1 Å². The molecule has 0 spiro atoms. The molecule has 0 aliphatic carbocycles. The summed E-state index contributed by atoms with van der Waals surface area (Å²) in [6, 6.07) is 14.8. The molecule has 11 nitrogen and oxygen atoms in total. The Hall–Kier alpha value is -2.74. The number of sulfonamides is 1. The van der Waals surface area contributed by atoms with Gasteiger partial charge in [0.1, 0.15) is 11.9 Å². The third kappa shape index (κ3) is 7.50. The monoisotopic (exact) mass is 617 g/mol. The highest BCUT2D eigenvalue weighted by Gasteiger charge is 2.44. The van der Waals surface area contributed by atoms with E-state index in [1.54, 1.807) is 12.1 Å². The first-order chi connectivity index (χ1) is 20.7. The normalized spacial score (nSPS) is 25.5. The molecular formula is C31H43N3O8S. The molecule has 3 saturated heterocycles. The van der Waals surface area contributed by atoms with Crippen LogP contribution in [0.3, 0.4) is 0 Å². The number of hydrogen-bond acceptors (Lipinski definition) is 9. The van der Waals surface area contributed by atoms with Crippen LogP contribution in [0.4, 0.5) is 4.79 Å². The quantitative estimate of drug-likeness (QED) is 0.370. The van der Waals surface area contributed by atoms with Gasteiger partial charge in [0, 0.05) is 31.7 Å². The Morgan fingerprint density at radius 1 is 1.12 bits per heavy atom. The van der Waals surface area contributed by atoms with E-state index in [4.69, 9.17) is 18.9 Å². The fraction of sp³-hybridized carbons (Fsp3) is 0.581. The summed E-state index contributed by atoms with van der Waals surface area (Å²) in [5.41, 5.74) is 0.886. The van der Waals surface area contributed by atoms with Crippen LogP contribution in [0.5, 0.6) is 5.75 Å². The number of rotatable bonds is 12. The molecule has 43 heavy (non-hydrogen) atoms. The van der Waals surface area contributed by atoms with Crippen LogP contribution in [-0.2, 0) is 30.7 Å². The second-order valence-corrected chi connectivity index (χ2v) is 13.6. The SMILES string of the molecule is COc1ccc(S(=O)(=O)N(C[C@@H](O)[C@H](Cc2ccccc2)NC(=O)O[C@H]2CO[C@H]3OCC[C@H]32)[C@@H]2CCN(C(C)C)C2)cc1. The number of carbonyl (C=O) groups excluding carboxylic acids is 1. The van der Waals surface area contributed by atoms with Crippen molar-refractivity contribution in [2.24, 2.45) is 5.92 Å². The van der Waals surface area contributed by atoms with E-state index < -0.39 is 34.4 Å². The number of hydrogen-bond donors (Lipinski definition) is 2. The maximum atomic E-state index is 14.1. The van der Waals surface area contributed by atoms with E-state index in [1.165, 1.54) is 23.5 Å². The lowest BCUT2D eigenvalue weighted by Crippen LogP contribution is -2.53. The van der Waals surface area contributed by atoms with E-state index >= 15 is 0 Å². The van der Waals surface area contributed by atoms with Crippen LogP contribution in [-0.4, -0.2) is 105 Å². The number of ether oxygens (including phenoxy) is 4. The maximum absolute atomic E-state index is 14.1. The molecule has 0 aromatic heterocycles. The maximum Gasteiger partial charge on any atom is 0.407 e. The first-order valence-electron chi connectivity index (χ1n) is 15.0. The first-order valence-corrected chi connectivity index (χ1v) is 16.4. The third-order valence-corrected chi connectivity index (χ3v) is 10.6. The van der Waals surface area contributed by atoms with Gasteiger partial charge in [-0.05, 0) is 62.9 Å². The van der Waals surface area contributed by atoms with E-state index in [-0.39, 0.29) is 48.8 Å². The number of aliphatic hydroxyl groups excluding tert-OH is 1. The van der Waals surface area contributed by atoms with Gasteiger partial charge < -0.3 is 29.4 Å². The predicted molar refractivity (Wildman–Crippen MR) is 159 cm³/mol. The number of nitrogens with one attached hydrogen (secondary N) is 1. The van der Waals surface area contributed by atoms with Gasteiger partial charge >= 0.3 is 6.09 Å². The lowest BCUT2D eigenvalue weighted by molar-refractivity contribution is -0.0907. The fourth-order valence-electron chi connectivity index (χ4n) is 6.13. The molecule has 0 radical (unpaired) electrons. The van der Waals surface area contributed by atoms with Gasteiger partial charge in [-0.1, -0.05) is 30.3 Å². The number of benzene rings is 2. The van der Waals surface area contributed by atoms with Crippen LogP contribution in [0, 0.1) is 5.92 Å². The number of likely N-dealkylation sites (tertiary alicyclic amines) is 1. The molecule has 5 rings (SSSR count). The number of fused-ring (bicyclic) bond motifs is 1. The lowest BCUT2D eigenvalue weighted by Gasteiger charge is -2.33. The minimum Gasteiger partial charge on any atom is -0.497 e. The van der Waals surface area contributed by atoms with E-state index in [9.17, 15) is 18.3 Å². The van der Waals surface area contributed by atoms with Gasteiger partial charge in [-0.25, -0.2) is 13.2 Å². The summed E-state index contributed by atoms with van der Waals surface area (Å²) >= 11 is 0. The van der Waals surface area contributed by atoms with Crippen LogP contribution in [0.25, 0.3) is 0 Å². The molecule has 3 aliphatic heterocycles. The summed E-state index contributed by atoms with van der Waals surface area (Å²) in [6.07, 6.45) is -1.07. The molecule has 12 heteroatoms. The van der Waals surface area contributed by atoms with Crippen molar-refractivity contribution < 1.29 is 37.3 Å². The number of aliphatic hydroxyl groups is 1. The van der Waals surface area contributed by atoms with Crippen molar-refractivity contribution in [2.45, 2.75) is 74.6 Å². The molecule has 0 bridgehead atoms. The van der Waals surface area contributed by atoms with Crippen molar-refractivity contribution >= 4 is 16.1 Å². The van der Waals surface area contributed by atoms with E-state index in [0.717, 1.165) is 18.5 Å². The number of nitrogens with zero attached hydrogens (tertiary/aromatic N) is 2. The topological polar surface area (TPSA) is 127 Å². The van der Waals surface area contributed by atoms with Gasteiger partial charge in [-0.2, -0.15) is 4.31 Å². The van der Waals surface area contributed by atoms with E-state index in [0.29, 0.717) is 25.3 Å². The second kappa shape index (κ2) is 13.9. The van der Waals surface area contributed by atoms with Crippen molar-refractivity contribution in [3.8, 4) is 5.75 Å². The molecule has 0 unspecified atom stereocenters. The Labute approximate surface area is 254 Å².